The summed E-state index contributed by atoms with van der Waals surface area (Å²) in [5.41, 5.74) is 5.31. The maximum Gasteiger partial charge on any atom is 0.404 e. The van der Waals surface area contributed by atoms with Crippen molar-refractivity contribution in [3.63, 3.8) is 0 Å². The lowest BCUT2D eigenvalue weighted by Crippen LogP contribution is -2.23. The number of ether oxygens (including phenoxy) is 3. The van der Waals surface area contributed by atoms with Gasteiger partial charge in [-0.1, -0.05) is 0 Å². The van der Waals surface area contributed by atoms with Gasteiger partial charge in [-0.05, 0) is 19.4 Å². The predicted molar refractivity (Wildman–Crippen MR) is 66.8 cm³/mol. The highest BCUT2D eigenvalue weighted by Gasteiger charge is 1.94. The Balaban J connectivity index is 2.92. The third kappa shape index (κ3) is 15.1. The van der Waals surface area contributed by atoms with Crippen molar-refractivity contribution >= 4 is 6.09 Å². The summed E-state index contributed by atoms with van der Waals surface area (Å²) >= 11 is 0. The van der Waals surface area contributed by atoms with E-state index >= 15 is 0 Å². The zero-order valence-corrected chi connectivity index (χ0v) is 10.7. The normalized spacial score (nSPS) is 10.5. The third-order valence-corrected chi connectivity index (χ3v) is 1.98. The average molecular weight is 264 g/mol. The van der Waals surface area contributed by atoms with Crippen molar-refractivity contribution in [2.45, 2.75) is 12.8 Å². The number of amides is 1. The van der Waals surface area contributed by atoms with Crippen LogP contribution in [0.4, 0.5) is 4.79 Å². The molecule has 0 heterocycles. The molecule has 0 bridgehead atoms. The molecule has 0 radical (unpaired) electrons. The lowest BCUT2D eigenvalue weighted by atomic mass is 10.4. The summed E-state index contributed by atoms with van der Waals surface area (Å²) < 4.78 is 15.8. The summed E-state index contributed by atoms with van der Waals surface area (Å²) in [7, 11) is 0. The molecular formula is C11H24N2O5. The van der Waals surface area contributed by atoms with Crippen LogP contribution in [0.25, 0.3) is 0 Å². The molecule has 18 heavy (non-hydrogen) atoms. The Morgan fingerprint density at radius 3 is 1.94 bits per heavy atom. The van der Waals surface area contributed by atoms with Crippen molar-refractivity contribution in [3.05, 3.63) is 0 Å². The van der Waals surface area contributed by atoms with Gasteiger partial charge in [-0.15, -0.1) is 0 Å². The Morgan fingerprint density at radius 2 is 1.44 bits per heavy atom. The van der Waals surface area contributed by atoms with Gasteiger partial charge in [0.1, 0.15) is 0 Å². The number of hydrogen-bond donors (Lipinski definition) is 3. The first kappa shape index (κ1) is 17.1. The molecule has 1 amide bonds. The van der Waals surface area contributed by atoms with Crippen molar-refractivity contribution in [2.75, 3.05) is 52.7 Å². The lowest BCUT2D eigenvalue weighted by molar-refractivity contribution is 0.0141. The minimum absolute atomic E-state index is 0.408. The van der Waals surface area contributed by atoms with Crippen molar-refractivity contribution in [1.82, 2.24) is 5.32 Å². The largest absolute Gasteiger partial charge is 0.465 e. The van der Waals surface area contributed by atoms with Crippen LogP contribution in [0.3, 0.4) is 0 Å². The van der Waals surface area contributed by atoms with Crippen LogP contribution in [0.5, 0.6) is 0 Å². The van der Waals surface area contributed by atoms with E-state index in [1.165, 1.54) is 0 Å². The molecule has 0 aliphatic rings. The van der Waals surface area contributed by atoms with E-state index in [4.69, 9.17) is 25.1 Å². The van der Waals surface area contributed by atoms with Crippen LogP contribution in [0, 0.1) is 0 Å². The summed E-state index contributed by atoms with van der Waals surface area (Å²) in [6, 6.07) is 0. The summed E-state index contributed by atoms with van der Waals surface area (Å²) in [4.78, 5) is 10.1. The second kappa shape index (κ2) is 14.2. The zero-order valence-electron chi connectivity index (χ0n) is 10.7. The molecule has 0 unspecified atom stereocenters. The molecule has 0 saturated carbocycles. The first-order chi connectivity index (χ1) is 8.77. The Morgan fingerprint density at radius 1 is 0.944 bits per heavy atom. The molecule has 0 spiro atoms. The van der Waals surface area contributed by atoms with E-state index in [0.29, 0.717) is 59.2 Å². The van der Waals surface area contributed by atoms with Crippen LogP contribution < -0.4 is 11.1 Å². The summed E-state index contributed by atoms with van der Waals surface area (Å²) in [6.45, 7) is 4.40. The fourth-order valence-electron chi connectivity index (χ4n) is 1.10. The maximum atomic E-state index is 10.1. The van der Waals surface area contributed by atoms with Gasteiger partial charge in [0, 0.05) is 19.8 Å². The lowest BCUT2D eigenvalue weighted by Gasteiger charge is -2.06. The fourth-order valence-corrected chi connectivity index (χ4v) is 1.10. The molecule has 7 nitrogen and oxygen atoms in total. The van der Waals surface area contributed by atoms with Gasteiger partial charge in [0.2, 0.25) is 0 Å². The number of rotatable bonds is 13. The highest BCUT2D eigenvalue weighted by molar-refractivity contribution is 5.64. The Bertz CT molecular complexity index is 192. The standard InChI is InChI=1S/C11H24N2O5/c12-3-1-5-16-7-9-18-10-8-17-6-2-4-13-11(14)15/h13H,1-10,12H2,(H,14,15). The third-order valence-electron chi connectivity index (χ3n) is 1.98. The molecule has 0 aromatic carbocycles. The van der Waals surface area contributed by atoms with Gasteiger partial charge in [0.05, 0.1) is 26.4 Å². The fraction of sp³-hybridized carbons (Fsp3) is 0.909. The Labute approximate surface area is 108 Å². The van der Waals surface area contributed by atoms with Gasteiger partial charge in [-0.3, -0.25) is 0 Å². The van der Waals surface area contributed by atoms with E-state index in [1.807, 2.05) is 0 Å². The molecule has 108 valence electrons. The van der Waals surface area contributed by atoms with Crippen LogP contribution in [0.1, 0.15) is 12.8 Å². The molecule has 0 saturated heterocycles. The molecule has 4 N–H and O–H groups in total. The highest BCUT2D eigenvalue weighted by atomic mass is 16.5. The van der Waals surface area contributed by atoms with Gasteiger partial charge < -0.3 is 30.4 Å². The van der Waals surface area contributed by atoms with Crippen molar-refractivity contribution in [3.8, 4) is 0 Å². The van der Waals surface area contributed by atoms with E-state index < -0.39 is 6.09 Å². The second-order valence-corrected chi connectivity index (χ2v) is 3.56. The molecule has 0 aromatic rings. The van der Waals surface area contributed by atoms with Crippen LogP contribution in [0.2, 0.25) is 0 Å². The Kier molecular flexibility index (Phi) is 13.5. The van der Waals surface area contributed by atoms with Gasteiger partial charge in [-0.2, -0.15) is 0 Å². The van der Waals surface area contributed by atoms with Gasteiger partial charge in [0.25, 0.3) is 0 Å². The molecule has 0 atom stereocenters. The first-order valence-electron chi connectivity index (χ1n) is 6.17. The zero-order chi connectivity index (χ0) is 13.5. The van der Waals surface area contributed by atoms with Crippen LogP contribution in [-0.2, 0) is 14.2 Å². The smallest absolute Gasteiger partial charge is 0.404 e. The van der Waals surface area contributed by atoms with Crippen molar-refractivity contribution in [2.24, 2.45) is 5.73 Å². The van der Waals surface area contributed by atoms with Crippen LogP contribution in [0.15, 0.2) is 0 Å². The SMILES string of the molecule is NCCCOCCOCCOCCCNC(=O)O. The Hall–Kier alpha value is -0.890. The van der Waals surface area contributed by atoms with E-state index in [2.05, 4.69) is 5.32 Å². The molecule has 0 fully saturated rings. The second-order valence-electron chi connectivity index (χ2n) is 3.56. The number of carbonyl (C=O) groups is 1. The topological polar surface area (TPSA) is 103 Å². The summed E-state index contributed by atoms with van der Waals surface area (Å²) in [6.07, 6.45) is 0.523. The summed E-state index contributed by atoms with van der Waals surface area (Å²) in [5, 5.41) is 10.6. The number of nitrogens with two attached hydrogens (primary N) is 1. The predicted octanol–water partition coefficient (Wildman–Crippen LogP) is 0.0427. The van der Waals surface area contributed by atoms with Gasteiger partial charge in [-0.25, -0.2) is 4.79 Å². The van der Waals surface area contributed by atoms with Gasteiger partial charge in [0.15, 0.2) is 0 Å². The maximum absolute atomic E-state index is 10.1. The van der Waals surface area contributed by atoms with Crippen molar-refractivity contribution in [1.29, 1.82) is 0 Å². The average Bonchev–Trinajstić information content (AvgIpc) is 2.34. The molecule has 0 aliphatic heterocycles. The van der Waals surface area contributed by atoms with Gasteiger partial charge >= 0.3 is 6.09 Å². The monoisotopic (exact) mass is 264 g/mol. The first-order valence-corrected chi connectivity index (χ1v) is 6.17. The number of hydrogen-bond acceptors (Lipinski definition) is 5. The van der Waals surface area contributed by atoms with Crippen LogP contribution in [-0.4, -0.2) is 63.9 Å². The minimum atomic E-state index is -1.01. The molecule has 0 rings (SSSR count). The van der Waals surface area contributed by atoms with E-state index in [0.717, 1.165) is 6.42 Å². The minimum Gasteiger partial charge on any atom is -0.465 e. The van der Waals surface area contributed by atoms with Crippen molar-refractivity contribution < 1.29 is 24.1 Å². The van der Waals surface area contributed by atoms with E-state index in [-0.39, 0.29) is 0 Å². The number of nitrogens with one attached hydrogen (secondary N) is 1. The molecule has 0 aromatic heterocycles. The van der Waals surface area contributed by atoms with E-state index in [9.17, 15) is 4.79 Å². The molecular weight excluding hydrogens is 240 g/mol. The summed E-state index contributed by atoms with van der Waals surface area (Å²) in [5.74, 6) is 0. The quantitative estimate of drug-likeness (QED) is 0.406. The van der Waals surface area contributed by atoms with Crippen LogP contribution >= 0.6 is 0 Å². The molecule has 0 aliphatic carbocycles. The highest BCUT2D eigenvalue weighted by Crippen LogP contribution is 1.85. The van der Waals surface area contributed by atoms with E-state index in [1.54, 1.807) is 0 Å². The number of carboxylic acid groups (broad SMARTS) is 1. The molecule has 7 heteroatoms.